The largest absolute Gasteiger partial charge is 0.338 e. The van der Waals surface area contributed by atoms with E-state index in [0.717, 1.165) is 36.0 Å². The Morgan fingerprint density at radius 3 is 2.06 bits per heavy atom. The van der Waals surface area contributed by atoms with Crippen LogP contribution >= 0.6 is 0 Å². The summed E-state index contributed by atoms with van der Waals surface area (Å²) >= 11 is 0. The summed E-state index contributed by atoms with van der Waals surface area (Å²) in [6.45, 7) is 8.56. The lowest BCUT2D eigenvalue weighted by atomic mass is 9.86. The van der Waals surface area contributed by atoms with E-state index in [4.69, 9.17) is 5.73 Å². The molecule has 0 heterocycles. The second-order valence-corrected chi connectivity index (χ2v) is 7.70. The van der Waals surface area contributed by atoms with Gasteiger partial charge in [-0.3, -0.25) is 4.79 Å². The van der Waals surface area contributed by atoms with Crippen molar-refractivity contribution in [3.8, 4) is 11.1 Å². The highest BCUT2D eigenvalue weighted by atomic mass is 19.1. The number of nitrogens with zero attached hydrogens (tertiary/aromatic N) is 1. The lowest BCUT2D eigenvalue weighted by Crippen LogP contribution is -2.40. The molecule has 3 aromatic rings. The second kappa shape index (κ2) is 12.9. The van der Waals surface area contributed by atoms with Crippen LogP contribution in [0, 0.1) is 5.82 Å². The number of carbonyl (C=O) groups is 1. The lowest BCUT2D eigenvalue weighted by Gasteiger charge is -2.33. The monoisotopic (exact) mass is 448 g/mol. The second-order valence-electron chi connectivity index (χ2n) is 7.70. The molecule has 1 unspecified atom stereocenters. The Morgan fingerprint density at radius 2 is 1.48 bits per heavy atom. The third kappa shape index (κ3) is 6.52. The first kappa shape index (κ1) is 26.3. The van der Waals surface area contributed by atoms with Gasteiger partial charge in [-0.1, -0.05) is 70.2 Å². The highest BCUT2D eigenvalue weighted by Crippen LogP contribution is 2.26. The Hall–Kier alpha value is -2.98. The first-order valence-electron chi connectivity index (χ1n) is 12.0. The number of likely N-dealkylation sites (N-methyl/N-ethyl adjacent to an activating group) is 1. The van der Waals surface area contributed by atoms with Crippen LogP contribution < -0.4 is 5.73 Å². The molecule has 0 aliphatic heterocycles. The van der Waals surface area contributed by atoms with Crippen molar-refractivity contribution in [2.45, 2.75) is 59.5 Å². The van der Waals surface area contributed by atoms with Gasteiger partial charge in [0.25, 0.3) is 5.91 Å². The number of hydrogen-bond donors (Lipinski definition) is 1. The van der Waals surface area contributed by atoms with E-state index in [-0.39, 0.29) is 17.8 Å². The molecule has 176 valence electrons. The van der Waals surface area contributed by atoms with Crippen molar-refractivity contribution in [1.82, 2.24) is 4.90 Å². The van der Waals surface area contributed by atoms with Crippen LogP contribution in [0.5, 0.6) is 0 Å². The van der Waals surface area contributed by atoms with E-state index in [1.807, 2.05) is 63.9 Å². The zero-order chi connectivity index (χ0) is 24.4. The standard InChI is InChI=1S/C25H25FN2O.2C2H6/c1-28(24-13-10-21-14-17(16-27)2-3-22(21)15-24)25(29)20-6-4-18(5-7-20)19-8-11-23(26)12-9-19;2*1-2/h2-9,11-12,14,24H,10,13,15-16,27H2,1H3;2*1-2H3. The van der Waals surface area contributed by atoms with Crippen LogP contribution in [0.15, 0.2) is 66.7 Å². The molecular formula is C29H37FN2O. The Morgan fingerprint density at radius 1 is 0.909 bits per heavy atom. The molecule has 0 aromatic heterocycles. The maximum atomic E-state index is 13.1. The first-order valence-corrected chi connectivity index (χ1v) is 12.0. The molecule has 0 saturated carbocycles. The number of halogens is 1. The van der Waals surface area contributed by atoms with Crippen molar-refractivity contribution in [2.75, 3.05) is 7.05 Å². The Bertz CT molecular complexity index is 1010. The highest BCUT2D eigenvalue weighted by molar-refractivity contribution is 5.94. The van der Waals surface area contributed by atoms with Crippen LogP contribution in [0.3, 0.4) is 0 Å². The fourth-order valence-corrected chi connectivity index (χ4v) is 4.06. The first-order chi connectivity index (χ1) is 16.0. The van der Waals surface area contributed by atoms with Gasteiger partial charge in [-0.15, -0.1) is 0 Å². The average Bonchev–Trinajstić information content (AvgIpc) is 2.90. The molecule has 3 nitrogen and oxygen atoms in total. The van der Waals surface area contributed by atoms with Gasteiger partial charge in [0, 0.05) is 25.2 Å². The van der Waals surface area contributed by atoms with Gasteiger partial charge in [-0.25, -0.2) is 4.39 Å². The van der Waals surface area contributed by atoms with Gasteiger partial charge in [0.2, 0.25) is 0 Å². The highest BCUT2D eigenvalue weighted by Gasteiger charge is 2.26. The number of benzene rings is 3. The summed E-state index contributed by atoms with van der Waals surface area (Å²) in [4.78, 5) is 14.9. The number of fused-ring (bicyclic) bond motifs is 1. The van der Waals surface area contributed by atoms with Crippen LogP contribution in [0.1, 0.15) is 61.2 Å². The summed E-state index contributed by atoms with van der Waals surface area (Å²) in [7, 11) is 1.89. The molecule has 0 saturated heterocycles. The van der Waals surface area contributed by atoms with Crippen LogP contribution in [-0.2, 0) is 19.4 Å². The fraction of sp³-hybridized carbons (Fsp3) is 0.345. The Balaban J connectivity index is 0.000000914. The molecule has 0 spiro atoms. The summed E-state index contributed by atoms with van der Waals surface area (Å²) < 4.78 is 13.1. The lowest BCUT2D eigenvalue weighted by molar-refractivity contribution is 0.0719. The van der Waals surface area contributed by atoms with Gasteiger partial charge >= 0.3 is 0 Å². The number of aryl methyl sites for hydroxylation is 1. The maximum Gasteiger partial charge on any atom is 0.253 e. The van der Waals surface area contributed by atoms with Crippen molar-refractivity contribution in [3.05, 3.63) is 94.8 Å². The predicted octanol–water partition coefficient (Wildman–Crippen LogP) is 6.63. The number of rotatable bonds is 4. The van der Waals surface area contributed by atoms with E-state index < -0.39 is 0 Å². The molecule has 0 radical (unpaired) electrons. The summed E-state index contributed by atoms with van der Waals surface area (Å²) in [5.74, 6) is -0.224. The van der Waals surface area contributed by atoms with Crippen LogP contribution in [0.25, 0.3) is 11.1 Å². The van der Waals surface area contributed by atoms with E-state index in [9.17, 15) is 9.18 Å². The van der Waals surface area contributed by atoms with E-state index >= 15 is 0 Å². The van der Waals surface area contributed by atoms with E-state index in [1.54, 1.807) is 12.1 Å². The summed E-state index contributed by atoms with van der Waals surface area (Å²) in [5, 5.41) is 0. The van der Waals surface area contributed by atoms with Gasteiger partial charge in [-0.2, -0.15) is 0 Å². The zero-order valence-corrected chi connectivity index (χ0v) is 20.6. The molecule has 33 heavy (non-hydrogen) atoms. The Kier molecular flexibility index (Phi) is 10.3. The molecule has 1 aliphatic rings. The minimum atomic E-state index is -0.254. The molecule has 1 amide bonds. The van der Waals surface area contributed by atoms with Gasteiger partial charge in [0.1, 0.15) is 5.82 Å². The molecule has 0 fully saturated rings. The van der Waals surface area contributed by atoms with E-state index in [0.29, 0.717) is 12.1 Å². The fourth-order valence-electron chi connectivity index (χ4n) is 4.06. The average molecular weight is 449 g/mol. The Labute approximate surface area is 198 Å². The molecule has 1 aliphatic carbocycles. The molecule has 4 rings (SSSR count). The molecule has 0 bridgehead atoms. The van der Waals surface area contributed by atoms with Crippen molar-refractivity contribution in [1.29, 1.82) is 0 Å². The molecule has 3 aromatic carbocycles. The summed E-state index contributed by atoms with van der Waals surface area (Å²) in [5.41, 5.74) is 12.1. The van der Waals surface area contributed by atoms with E-state index in [2.05, 4.69) is 18.2 Å². The number of carbonyl (C=O) groups excluding carboxylic acids is 1. The van der Waals surface area contributed by atoms with E-state index in [1.165, 1.54) is 23.3 Å². The minimum Gasteiger partial charge on any atom is -0.338 e. The van der Waals surface area contributed by atoms with Crippen molar-refractivity contribution in [2.24, 2.45) is 5.73 Å². The third-order valence-electron chi connectivity index (χ3n) is 5.89. The normalized spacial score (nSPS) is 14.1. The van der Waals surface area contributed by atoms with Crippen molar-refractivity contribution >= 4 is 5.91 Å². The summed E-state index contributed by atoms with van der Waals surface area (Å²) in [6.07, 6.45) is 2.79. The van der Waals surface area contributed by atoms with Gasteiger partial charge < -0.3 is 10.6 Å². The number of nitrogens with two attached hydrogens (primary N) is 1. The van der Waals surface area contributed by atoms with Gasteiger partial charge in [0.05, 0.1) is 0 Å². The predicted molar refractivity (Wildman–Crippen MR) is 137 cm³/mol. The number of amides is 1. The topological polar surface area (TPSA) is 46.3 Å². The van der Waals surface area contributed by atoms with Crippen molar-refractivity contribution < 1.29 is 9.18 Å². The smallest absolute Gasteiger partial charge is 0.253 e. The SMILES string of the molecule is CC.CC.CN(C(=O)c1ccc(-c2ccc(F)cc2)cc1)C1CCc2cc(CN)ccc2C1. The number of hydrogen-bond acceptors (Lipinski definition) is 2. The van der Waals surface area contributed by atoms with Crippen LogP contribution in [0.4, 0.5) is 4.39 Å². The molecule has 1 atom stereocenters. The van der Waals surface area contributed by atoms with Gasteiger partial charge in [-0.05, 0) is 71.3 Å². The quantitative estimate of drug-likeness (QED) is 0.487. The maximum absolute atomic E-state index is 13.1. The minimum absolute atomic E-state index is 0.0303. The molecular weight excluding hydrogens is 411 g/mol. The zero-order valence-electron chi connectivity index (χ0n) is 20.6. The third-order valence-corrected chi connectivity index (χ3v) is 5.89. The van der Waals surface area contributed by atoms with Crippen molar-refractivity contribution in [3.63, 3.8) is 0 Å². The van der Waals surface area contributed by atoms with Crippen LogP contribution in [-0.4, -0.2) is 23.9 Å². The molecule has 2 N–H and O–H groups in total. The molecule has 4 heteroatoms. The van der Waals surface area contributed by atoms with Crippen LogP contribution in [0.2, 0.25) is 0 Å². The van der Waals surface area contributed by atoms with Gasteiger partial charge in [0.15, 0.2) is 0 Å². The summed E-state index contributed by atoms with van der Waals surface area (Å²) in [6, 6.07) is 20.5.